The van der Waals surface area contributed by atoms with Gasteiger partial charge >= 0.3 is 0 Å². The number of rotatable bonds is 8. The van der Waals surface area contributed by atoms with E-state index in [0.717, 1.165) is 77.9 Å². The summed E-state index contributed by atoms with van der Waals surface area (Å²) < 4.78 is 16.5. The Bertz CT molecular complexity index is 1340. The SMILES string of the molecule is COc1cccc(-c2cnc(-c3ccncc3)nc2C2CCN(Cc3ccc(OC)cc3OC)CC2)c1. The summed E-state index contributed by atoms with van der Waals surface area (Å²) >= 11 is 0. The summed E-state index contributed by atoms with van der Waals surface area (Å²) in [4.78, 5) is 16.5. The van der Waals surface area contributed by atoms with Gasteiger partial charge in [-0.05, 0) is 61.8 Å². The maximum atomic E-state index is 5.62. The molecule has 0 N–H and O–H groups in total. The summed E-state index contributed by atoms with van der Waals surface area (Å²) in [5.41, 5.74) is 5.36. The van der Waals surface area contributed by atoms with Crippen LogP contribution in [0, 0.1) is 0 Å². The van der Waals surface area contributed by atoms with Gasteiger partial charge in [-0.1, -0.05) is 18.2 Å². The third-order valence-corrected chi connectivity index (χ3v) is 7.00. The molecule has 0 saturated carbocycles. The number of aromatic nitrogens is 3. The van der Waals surface area contributed by atoms with Crippen molar-refractivity contribution in [1.29, 1.82) is 0 Å². The second kappa shape index (κ2) is 11.4. The van der Waals surface area contributed by atoms with E-state index in [1.54, 1.807) is 33.7 Å². The molecule has 4 aromatic rings. The zero-order valence-corrected chi connectivity index (χ0v) is 21.6. The van der Waals surface area contributed by atoms with E-state index < -0.39 is 0 Å². The van der Waals surface area contributed by atoms with Crippen LogP contribution in [0.3, 0.4) is 0 Å². The van der Waals surface area contributed by atoms with E-state index in [-0.39, 0.29) is 0 Å². The zero-order valence-electron chi connectivity index (χ0n) is 21.6. The van der Waals surface area contributed by atoms with Gasteiger partial charge in [-0.3, -0.25) is 9.88 Å². The standard InChI is InChI=1S/C30H32N4O3/c1-35-25-6-4-5-23(17-25)27-19-32-30(22-9-13-31-14-10-22)33-29(27)21-11-15-34(16-12-21)20-24-7-8-26(36-2)18-28(24)37-3/h4-10,13-14,17-19,21H,11-12,15-16,20H2,1-3H3. The number of methoxy groups -OCH3 is 3. The molecule has 0 bridgehead atoms. The smallest absolute Gasteiger partial charge is 0.159 e. The Hall–Kier alpha value is -3.97. The molecule has 7 heteroatoms. The van der Waals surface area contributed by atoms with Crippen molar-refractivity contribution in [1.82, 2.24) is 19.9 Å². The molecule has 1 fully saturated rings. The number of ether oxygens (including phenoxy) is 3. The predicted octanol–water partition coefficient (Wildman–Crippen LogP) is 5.61. The highest BCUT2D eigenvalue weighted by Crippen LogP contribution is 2.37. The largest absolute Gasteiger partial charge is 0.497 e. The van der Waals surface area contributed by atoms with E-state index in [9.17, 15) is 0 Å². The zero-order chi connectivity index (χ0) is 25.6. The topological polar surface area (TPSA) is 69.6 Å². The van der Waals surface area contributed by atoms with Gasteiger partial charge in [0.15, 0.2) is 5.82 Å². The molecule has 0 spiro atoms. The number of piperidine rings is 1. The van der Waals surface area contributed by atoms with Crippen LogP contribution in [0.25, 0.3) is 22.5 Å². The number of hydrogen-bond donors (Lipinski definition) is 0. The molecular formula is C30H32N4O3. The molecule has 3 heterocycles. The number of nitrogens with zero attached hydrogens (tertiary/aromatic N) is 4. The van der Waals surface area contributed by atoms with Crippen LogP contribution in [-0.2, 0) is 6.54 Å². The Morgan fingerprint density at radius 3 is 2.32 bits per heavy atom. The van der Waals surface area contributed by atoms with Crippen LogP contribution in [0.5, 0.6) is 17.2 Å². The molecule has 2 aromatic carbocycles. The van der Waals surface area contributed by atoms with Gasteiger partial charge in [-0.15, -0.1) is 0 Å². The van der Waals surface area contributed by atoms with Crippen molar-refractivity contribution < 1.29 is 14.2 Å². The van der Waals surface area contributed by atoms with Crippen molar-refractivity contribution in [3.8, 4) is 39.8 Å². The molecule has 5 rings (SSSR count). The Labute approximate surface area is 218 Å². The van der Waals surface area contributed by atoms with Gasteiger partial charge in [-0.2, -0.15) is 0 Å². The predicted molar refractivity (Wildman–Crippen MR) is 144 cm³/mol. The van der Waals surface area contributed by atoms with Gasteiger partial charge in [0.25, 0.3) is 0 Å². The Morgan fingerprint density at radius 1 is 0.838 bits per heavy atom. The molecule has 1 aliphatic heterocycles. The molecule has 37 heavy (non-hydrogen) atoms. The fourth-order valence-electron chi connectivity index (χ4n) is 4.95. The van der Waals surface area contributed by atoms with Gasteiger partial charge < -0.3 is 14.2 Å². The lowest BCUT2D eigenvalue weighted by molar-refractivity contribution is 0.201. The highest BCUT2D eigenvalue weighted by molar-refractivity contribution is 5.69. The lowest BCUT2D eigenvalue weighted by atomic mass is 9.88. The third-order valence-electron chi connectivity index (χ3n) is 7.00. The van der Waals surface area contributed by atoms with E-state index in [0.29, 0.717) is 5.92 Å². The van der Waals surface area contributed by atoms with Crippen LogP contribution in [0.4, 0.5) is 0 Å². The van der Waals surface area contributed by atoms with Crippen molar-refractivity contribution in [2.24, 2.45) is 0 Å². The quantitative estimate of drug-likeness (QED) is 0.314. The highest BCUT2D eigenvalue weighted by Gasteiger charge is 2.26. The fourth-order valence-corrected chi connectivity index (χ4v) is 4.95. The van der Waals surface area contributed by atoms with Crippen molar-refractivity contribution in [2.75, 3.05) is 34.4 Å². The normalized spacial score (nSPS) is 14.4. The Balaban J connectivity index is 1.40. The van der Waals surface area contributed by atoms with Crippen LogP contribution in [-0.4, -0.2) is 54.3 Å². The lowest BCUT2D eigenvalue weighted by Gasteiger charge is -2.33. The average Bonchev–Trinajstić information content (AvgIpc) is 2.98. The summed E-state index contributed by atoms with van der Waals surface area (Å²) in [5, 5.41) is 0. The fraction of sp³-hybridized carbons (Fsp3) is 0.300. The Morgan fingerprint density at radius 2 is 1.59 bits per heavy atom. The van der Waals surface area contributed by atoms with Gasteiger partial charge in [0.1, 0.15) is 17.2 Å². The third kappa shape index (κ3) is 5.57. The molecular weight excluding hydrogens is 464 g/mol. The molecule has 1 saturated heterocycles. The second-order valence-electron chi connectivity index (χ2n) is 9.19. The molecule has 190 valence electrons. The summed E-state index contributed by atoms with van der Waals surface area (Å²) in [7, 11) is 5.07. The summed E-state index contributed by atoms with van der Waals surface area (Å²) in [6.07, 6.45) is 7.55. The van der Waals surface area contributed by atoms with E-state index in [1.165, 1.54) is 5.56 Å². The first-order valence-corrected chi connectivity index (χ1v) is 12.5. The van der Waals surface area contributed by atoms with Crippen molar-refractivity contribution in [3.63, 3.8) is 0 Å². The van der Waals surface area contributed by atoms with Crippen molar-refractivity contribution >= 4 is 0 Å². The number of pyridine rings is 1. The van der Waals surface area contributed by atoms with Crippen molar-refractivity contribution in [3.05, 3.63) is 84.4 Å². The minimum atomic E-state index is 0.332. The first-order valence-electron chi connectivity index (χ1n) is 12.5. The van der Waals surface area contributed by atoms with Gasteiger partial charge in [0.2, 0.25) is 0 Å². The maximum Gasteiger partial charge on any atom is 0.159 e. The van der Waals surface area contributed by atoms with E-state index in [1.807, 2.05) is 42.6 Å². The molecule has 2 aromatic heterocycles. The second-order valence-corrected chi connectivity index (χ2v) is 9.19. The van der Waals surface area contributed by atoms with Gasteiger partial charge in [0, 0.05) is 53.8 Å². The van der Waals surface area contributed by atoms with Crippen molar-refractivity contribution in [2.45, 2.75) is 25.3 Å². The van der Waals surface area contributed by atoms with Gasteiger partial charge in [0.05, 0.1) is 27.0 Å². The summed E-state index contributed by atoms with van der Waals surface area (Å²) in [6.45, 7) is 2.80. The molecule has 7 nitrogen and oxygen atoms in total. The van der Waals surface area contributed by atoms with Crippen LogP contribution < -0.4 is 14.2 Å². The first-order chi connectivity index (χ1) is 18.2. The van der Waals surface area contributed by atoms with Crippen LogP contribution in [0.15, 0.2) is 73.2 Å². The Kier molecular flexibility index (Phi) is 7.61. The maximum absolute atomic E-state index is 5.62. The van der Waals surface area contributed by atoms with Gasteiger partial charge in [-0.25, -0.2) is 9.97 Å². The van der Waals surface area contributed by atoms with Crippen LogP contribution in [0.2, 0.25) is 0 Å². The molecule has 0 aliphatic carbocycles. The molecule has 0 amide bonds. The van der Waals surface area contributed by atoms with Crippen LogP contribution >= 0.6 is 0 Å². The molecule has 0 atom stereocenters. The minimum absolute atomic E-state index is 0.332. The summed E-state index contributed by atoms with van der Waals surface area (Å²) in [6, 6.07) is 18.1. The minimum Gasteiger partial charge on any atom is -0.497 e. The van der Waals surface area contributed by atoms with Crippen LogP contribution in [0.1, 0.15) is 30.0 Å². The van der Waals surface area contributed by atoms with E-state index in [2.05, 4.69) is 28.1 Å². The number of likely N-dealkylation sites (tertiary alicyclic amines) is 1. The first kappa shape index (κ1) is 24.7. The van der Waals surface area contributed by atoms with E-state index >= 15 is 0 Å². The molecule has 0 unspecified atom stereocenters. The highest BCUT2D eigenvalue weighted by atomic mass is 16.5. The number of hydrogen-bond acceptors (Lipinski definition) is 7. The van der Waals surface area contributed by atoms with E-state index in [4.69, 9.17) is 24.2 Å². The average molecular weight is 497 g/mol. The summed E-state index contributed by atoms with van der Waals surface area (Å²) in [5.74, 6) is 3.55. The molecule has 1 aliphatic rings. The monoisotopic (exact) mass is 496 g/mol. The lowest BCUT2D eigenvalue weighted by Crippen LogP contribution is -2.33. The molecule has 0 radical (unpaired) electrons. The number of benzene rings is 2.